The van der Waals surface area contributed by atoms with Crippen molar-refractivity contribution in [1.82, 2.24) is 0 Å². The van der Waals surface area contributed by atoms with Crippen LogP contribution in [0.1, 0.15) is 49.1 Å². The van der Waals surface area contributed by atoms with Crippen molar-refractivity contribution in [2.24, 2.45) is 5.92 Å². The lowest BCUT2D eigenvalue weighted by Gasteiger charge is -2.21. The lowest BCUT2D eigenvalue weighted by molar-refractivity contribution is -0.114. The van der Waals surface area contributed by atoms with Crippen molar-refractivity contribution in [3.8, 4) is 6.07 Å². The van der Waals surface area contributed by atoms with Crippen molar-refractivity contribution in [2.45, 2.75) is 46.0 Å². The molecule has 1 aliphatic rings. The fourth-order valence-electron chi connectivity index (χ4n) is 2.68. The average Bonchev–Trinajstić information content (AvgIpc) is 2.64. The number of hydrogen-bond donors (Lipinski definition) is 1. The van der Waals surface area contributed by atoms with Crippen LogP contribution in [0.3, 0.4) is 0 Å². The summed E-state index contributed by atoms with van der Waals surface area (Å²) in [5.41, 5.74) is 1.87. The number of anilines is 1. The first kappa shape index (κ1) is 13.1. The molecule has 0 radical (unpaired) electrons. The number of nitrogens with one attached hydrogen (secondary N) is 1. The van der Waals surface area contributed by atoms with Gasteiger partial charge in [-0.05, 0) is 30.7 Å². The van der Waals surface area contributed by atoms with Gasteiger partial charge in [-0.3, -0.25) is 4.79 Å². The minimum absolute atomic E-state index is 0.102. The van der Waals surface area contributed by atoms with Crippen LogP contribution in [0.4, 0.5) is 5.00 Å². The van der Waals surface area contributed by atoms with E-state index in [1.54, 1.807) is 11.3 Å². The van der Waals surface area contributed by atoms with E-state index in [4.69, 9.17) is 0 Å². The summed E-state index contributed by atoms with van der Waals surface area (Å²) in [5.74, 6) is 0.646. The van der Waals surface area contributed by atoms with E-state index in [0.717, 1.165) is 23.8 Å². The van der Waals surface area contributed by atoms with Gasteiger partial charge in [0.25, 0.3) is 0 Å². The van der Waals surface area contributed by atoms with Gasteiger partial charge in [-0.2, -0.15) is 5.26 Å². The van der Waals surface area contributed by atoms with Crippen LogP contribution in [0.2, 0.25) is 0 Å². The predicted octanol–water partition coefficient (Wildman–Crippen LogP) is 3.48. The molecule has 1 atom stereocenters. The lowest BCUT2D eigenvalue weighted by atomic mass is 9.85. The molecular formula is C14H18N2OS. The van der Waals surface area contributed by atoms with Gasteiger partial charge in [0.15, 0.2) is 0 Å². The van der Waals surface area contributed by atoms with Crippen molar-refractivity contribution < 1.29 is 4.79 Å². The van der Waals surface area contributed by atoms with Crippen LogP contribution in [-0.2, 0) is 17.6 Å². The first-order valence-electron chi connectivity index (χ1n) is 6.47. The molecule has 1 aromatic rings. The Hall–Kier alpha value is -1.34. The molecule has 1 heterocycles. The zero-order valence-corrected chi connectivity index (χ0v) is 11.7. The summed E-state index contributed by atoms with van der Waals surface area (Å²) in [4.78, 5) is 12.5. The van der Waals surface area contributed by atoms with Gasteiger partial charge >= 0.3 is 0 Å². The molecule has 2 rings (SSSR count). The second kappa shape index (κ2) is 5.53. The van der Waals surface area contributed by atoms with Gasteiger partial charge in [0.1, 0.15) is 11.1 Å². The molecule has 1 N–H and O–H groups in total. The van der Waals surface area contributed by atoms with Gasteiger partial charge in [0.2, 0.25) is 5.91 Å². The highest BCUT2D eigenvalue weighted by molar-refractivity contribution is 7.16. The fourth-order valence-corrected chi connectivity index (χ4v) is 4.03. The molecule has 3 nitrogen and oxygen atoms in total. The maximum Gasteiger partial charge on any atom is 0.221 e. The molecule has 0 aromatic carbocycles. The third kappa shape index (κ3) is 2.56. The predicted molar refractivity (Wildman–Crippen MR) is 73.8 cm³/mol. The van der Waals surface area contributed by atoms with E-state index >= 15 is 0 Å². The molecule has 0 spiro atoms. The normalized spacial score (nSPS) is 17.9. The van der Waals surface area contributed by atoms with Crippen LogP contribution in [0.15, 0.2) is 0 Å². The first-order chi connectivity index (χ1) is 8.65. The number of nitrogens with zero attached hydrogens (tertiary/aromatic N) is 1. The van der Waals surface area contributed by atoms with Crippen LogP contribution in [-0.4, -0.2) is 5.91 Å². The zero-order valence-electron chi connectivity index (χ0n) is 10.9. The van der Waals surface area contributed by atoms with Crippen molar-refractivity contribution in [3.63, 3.8) is 0 Å². The Morgan fingerprint density at radius 3 is 3.00 bits per heavy atom. The number of fused-ring (bicyclic) bond motifs is 1. The Labute approximate surface area is 112 Å². The Kier molecular flexibility index (Phi) is 4.03. The highest BCUT2D eigenvalue weighted by Crippen LogP contribution is 2.40. The van der Waals surface area contributed by atoms with Crippen LogP contribution in [0.5, 0.6) is 0 Å². The largest absolute Gasteiger partial charge is 0.317 e. The third-order valence-corrected chi connectivity index (χ3v) is 4.64. The number of amides is 1. The van der Waals surface area contributed by atoms with E-state index in [0.29, 0.717) is 5.56 Å². The SMILES string of the molecule is CCC[C@H]1CCc2c(sc(NC(C)=O)c2C#N)C1. The van der Waals surface area contributed by atoms with E-state index in [2.05, 4.69) is 18.3 Å². The van der Waals surface area contributed by atoms with Gasteiger partial charge in [0, 0.05) is 11.8 Å². The monoisotopic (exact) mass is 262 g/mol. The number of thiophene rings is 1. The topological polar surface area (TPSA) is 52.9 Å². The van der Waals surface area contributed by atoms with Crippen LogP contribution in [0.25, 0.3) is 0 Å². The van der Waals surface area contributed by atoms with Gasteiger partial charge in [-0.1, -0.05) is 19.8 Å². The molecule has 1 aliphatic carbocycles. The van der Waals surface area contributed by atoms with Gasteiger partial charge in [-0.15, -0.1) is 11.3 Å². The second-order valence-electron chi connectivity index (χ2n) is 4.90. The molecule has 0 fully saturated rings. The minimum atomic E-state index is -0.102. The minimum Gasteiger partial charge on any atom is -0.317 e. The van der Waals surface area contributed by atoms with Crippen LogP contribution < -0.4 is 5.32 Å². The smallest absolute Gasteiger partial charge is 0.221 e. The number of carbonyl (C=O) groups excluding carboxylic acids is 1. The molecule has 0 bridgehead atoms. The van der Waals surface area contributed by atoms with Gasteiger partial charge in [-0.25, -0.2) is 0 Å². The standard InChI is InChI=1S/C14H18N2OS/c1-3-4-10-5-6-11-12(8-15)14(16-9(2)17)18-13(11)7-10/h10H,3-7H2,1-2H3,(H,16,17)/t10-/m0/s1. The Morgan fingerprint density at radius 1 is 1.61 bits per heavy atom. The number of nitriles is 1. The fraction of sp³-hybridized carbons (Fsp3) is 0.571. The highest BCUT2D eigenvalue weighted by Gasteiger charge is 2.25. The number of rotatable bonds is 3. The Balaban J connectivity index is 2.28. The summed E-state index contributed by atoms with van der Waals surface area (Å²) in [6, 6.07) is 2.25. The molecule has 96 valence electrons. The van der Waals surface area contributed by atoms with Crippen molar-refractivity contribution in [3.05, 3.63) is 16.0 Å². The summed E-state index contributed by atoms with van der Waals surface area (Å²) in [5, 5.41) is 12.8. The van der Waals surface area contributed by atoms with Crippen molar-refractivity contribution in [2.75, 3.05) is 5.32 Å². The lowest BCUT2D eigenvalue weighted by Crippen LogP contribution is -2.12. The molecule has 4 heteroatoms. The van der Waals surface area contributed by atoms with Gasteiger partial charge in [0.05, 0.1) is 5.56 Å². The van der Waals surface area contributed by atoms with E-state index in [9.17, 15) is 10.1 Å². The molecule has 18 heavy (non-hydrogen) atoms. The second-order valence-corrected chi connectivity index (χ2v) is 6.00. The summed E-state index contributed by atoms with van der Waals surface area (Å²) in [7, 11) is 0. The van der Waals surface area contributed by atoms with Crippen LogP contribution >= 0.6 is 11.3 Å². The van der Waals surface area contributed by atoms with Gasteiger partial charge < -0.3 is 5.32 Å². The summed E-state index contributed by atoms with van der Waals surface area (Å²) in [6.45, 7) is 3.70. The number of hydrogen-bond acceptors (Lipinski definition) is 3. The summed E-state index contributed by atoms with van der Waals surface area (Å²) >= 11 is 1.59. The molecule has 0 unspecified atom stereocenters. The zero-order chi connectivity index (χ0) is 13.1. The van der Waals surface area contributed by atoms with Crippen molar-refractivity contribution >= 4 is 22.2 Å². The maximum absolute atomic E-state index is 11.1. The molecule has 0 saturated carbocycles. The molecule has 1 amide bonds. The Bertz CT molecular complexity index is 499. The third-order valence-electron chi connectivity index (χ3n) is 3.47. The quantitative estimate of drug-likeness (QED) is 0.906. The molecular weight excluding hydrogens is 244 g/mol. The van der Waals surface area contributed by atoms with E-state index < -0.39 is 0 Å². The molecule has 0 aliphatic heterocycles. The van der Waals surface area contributed by atoms with E-state index in [-0.39, 0.29) is 5.91 Å². The Morgan fingerprint density at radius 2 is 2.39 bits per heavy atom. The summed E-state index contributed by atoms with van der Waals surface area (Å²) in [6.07, 6.45) is 5.70. The molecule has 1 aromatic heterocycles. The average molecular weight is 262 g/mol. The number of carbonyl (C=O) groups is 1. The summed E-state index contributed by atoms with van der Waals surface area (Å²) < 4.78 is 0. The first-order valence-corrected chi connectivity index (χ1v) is 7.29. The van der Waals surface area contributed by atoms with Crippen molar-refractivity contribution in [1.29, 1.82) is 5.26 Å². The highest BCUT2D eigenvalue weighted by atomic mass is 32.1. The van der Waals surface area contributed by atoms with E-state index in [1.807, 2.05) is 0 Å². The maximum atomic E-state index is 11.1. The van der Waals surface area contributed by atoms with Crippen LogP contribution in [0, 0.1) is 17.2 Å². The van der Waals surface area contributed by atoms with E-state index in [1.165, 1.54) is 36.6 Å². The molecule has 0 saturated heterocycles.